The Balaban J connectivity index is 1.58. The monoisotopic (exact) mass is 259 g/mol. The minimum atomic E-state index is 0.880. The Kier molecular flexibility index (Phi) is 3.18. The van der Waals surface area contributed by atoms with Gasteiger partial charge in [-0.15, -0.1) is 11.3 Å². The number of imidazole rings is 1. The molecule has 0 amide bonds. The third-order valence-electron chi connectivity index (χ3n) is 2.68. The van der Waals surface area contributed by atoms with Crippen LogP contribution in [0.4, 0.5) is 5.82 Å². The summed E-state index contributed by atoms with van der Waals surface area (Å²) in [6, 6.07) is 2.01. The van der Waals surface area contributed by atoms with Crippen molar-refractivity contribution in [2.75, 3.05) is 11.9 Å². The van der Waals surface area contributed by atoms with E-state index in [-0.39, 0.29) is 0 Å². The molecule has 3 rings (SSSR count). The average molecular weight is 259 g/mol. The normalized spacial score (nSPS) is 10.9. The number of nitrogens with zero attached hydrogens (tertiary/aromatic N) is 3. The molecule has 3 aromatic heterocycles. The van der Waals surface area contributed by atoms with Gasteiger partial charge in [0.15, 0.2) is 0 Å². The van der Waals surface area contributed by atoms with E-state index in [2.05, 4.69) is 25.3 Å². The van der Waals surface area contributed by atoms with E-state index in [1.165, 1.54) is 0 Å². The number of H-pyrrole nitrogens is 1. The van der Waals surface area contributed by atoms with Crippen LogP contribution in [0.25, 0.3) is 10.2 Å². The number of aryl methyl sites for hydroxylation is 1. The standard InChI is InChI=1S/C12H13N5S/c1(2-10-13-5-6-14-10)4-15-12-11-9(3-7-18-11)16-8-17-12/h3,5-8H,1-2,4H2,(H,13,14)(H,15,16,17). The average Bonchev–Trinajstić information content (AvgIpc) is 3.05. The van der Waals surface area contributed by atoms with Crippen molar-refractivity contribution in [3.8, 4) is 0 Å². The molecule has 0 atom stereocenters. The van der Waals surface area contributed by atoms with Gasteiger partial charge in [0.1, 0.15) is 18.0 Å². The number of thiophene rings is 1. The van der Waals surface area contributed by atoms with E-state index in [1.54, 1.807) is 23.9 Å². The molecule has 0 aliphatic heterocycles. The first-order valence-corrected chi connectivity index (χ1v) is 6.72. The Labute approximate surface area is 108 Å². The van der Waals surface area contributed by atoms with E-state index in [1.807, 2.05) is 17.6 Å². The van der Waals surface area contributed by atoms with E-state index >= 15 is 0 Å². The van der Waals surface area contributed by atoms with Crippen molar-refractivity contribution in [3.05, 3.63) is 36.0 Å². The van der Waals surface area contributed by atoms with Gasteiger partial charge in [-0.2, -0.15) is 0 Å². The molecule has 0 aromatic carbocycles. The highest BCUT2D eigenvalue weighted by molar-refractivity contribution is 7.17. The number of fused-ring (bicyclic) bond motifs is 1. The highest BCUT2D eigenvalue weighted by Crippen LogP contribution is 2.24. The second-order valence-electron chi connectivity index (χ2n) is 3.92. The molecule has 0 bridgehead atoms. The van der Waals surface area contributed by atoms with Gasteiger partial charge in [-0.1, -0.05) is 0 Å². The molecule has 0 spiro atoms. The van der Waals surface area contributed by atoms with Crippen molar-refractivity contribution >= 4 is 27.4 Å². The lowest BCUT2D eigenvalue weighted by Gasteiger charge is -2.05. The smallest absolute Gasteiger partial charge is 0.147 e. The Bertz CT molecular complexity index is 616. The van der Waals surface area contributed by atoms with E-state index in [4.69, 9.17) is 0 Å². The fourth-order valence-corrected chi connectivity index (χ4v) is 2.62. The Morgan fingerprint density at radius 3 is 3.17 bits per heavy atom. The third-order valence-corrected chi connectivity index (χ3v) is 3.59. The first kappa shape index (κ1) is 11.2. The van der Waals surface area contributed by atoms with Crippen molar-refractivity contribution in [2.24, 2.45) is 0 Å². The van der Waals surface area contributed by atoms with Gasteiger partial charge in [0.05, 0.1) is 10.2 Å². The summed E-state index contributed by atoms with van der Waals surface area (Å²) in [6.07, 6.45) is 7.19. The lowest BCUT2D eigenvalue weighted by atomic mass is 10.3. The molecule has 0 saturated heterocycles. The maximum absolute atomic E-state index is 4.28. The molecule has 0 aliphatic carbocycles. The molecular weight excluding hydrogens is 246 g/mol. The lowest BCUT2D eigenvalue weighted by Crippen LogP contribution is -2.05. The van der Waals surface area contributed by atoms with Gasteiger partial charge in [0, 0.05) is 25.4 Å². The molecule has 0 aliphatic rings. The minimum absolute atomic E-state index is 0.880. The molecule has 0 saturated carbocycles. The number of hydrogen-bond donors (Lipinski definition) is 2. The van der Waals surface area contributed by atoms with E-state index in [0.29, 0.717) is 0 Å². The van der Waals surface area contributed by atoms with Crippen LogP contribution in [-0.4, -0.2) is 26.5 Å². The Hall–Kier alpha value is -1.95. The maximum Gasteiger partial charge on any atom is 0.147 e. The SMILES string of the molecule is c1c[nH]c(CCCNc2ncnc3ccsc23)n1. The molecule has 0 unspecified atom stereocenters. The van der Waals surface area contributed by atoms with Gasteiger partial charge in [0.25, 0.3) is 0 Å². The van der Waals surface area contributed by atoms with Crippen LogP contribution in [0.1, 0.15) is 12.2 Å². The van der Waals surface area contributed by atoms with Gasteiger partial charge in [-0.25, -0.2) is 15.0 Å². The van der Waals surface area contributed by atoms with E-state index < -0.39 is 0 Å². The molecule has 18 heavy (non-hydrogen) atoms. The summed E-state index contributed by atoms with van der Waals surface area (Å²) >= 11 is 1.66. The Morgan fingerprint density at radius 1 is 1.28 bits per heavy atom. The molecule has 0 fully saturated rings. The van der Waals surface area contributed by atoms with Gasteiger partial charge in [0.2, 0.25) is 0 Å². The molecular formula is C12H13N5S. The van der Waals surface area contributed by atoms with Crippen LogP contribution in [-0.2, 0) is 6.42 Å². The molecule has 2 N–H and O–H groups in total. The van der Waals surface area contributed by atoms with Crippen molar-refractivity contribution < 1.29 is 0 Å². The van der Waals surface area contributed by atoms with Crippen LogP contribution in [0.15, 0.2) is 30.2 Å². The van der Waals surface area contributed by atoms with Gasteiger partial charge >= 0.3 is 0 Å². The van der Waals surface area contributed by atoms with Crippen LogP contribution in [0, 0.1) is 0 Å². The number of rotatable bonds is 5. The zero-order valence-electron chi connectivity index (χ0n) is 9.76. The molecule has 92 valence electrons. The largest absolute Gasteiger partial charge is 0.369 e. The van der Waals surface area contributed by atoms with Gasteiger partial charge in [-0.3, -0.25) is 0 Å². The van der Waals surface area contributed by atoms with Crippen molar-refractivity contribution in [1.29, 1.82) is 0 Å². The van der Waals surface area contributed by atoms with Gasteiger partial charge in [-0.05, 0) is 17.9 Å². The van der Waals surface area contributed by atoms with Crippen molar-refractivity contribution in [3.63, 3.8) is 0 Å². The molecule has 3 aromatic rings. The number of anilines is 1. The predicted molar refractivity (Wildman–Crippen MR) is 72.8 cm³/mol. The number of hydrogen-bond acceptors (Lipinski definition) is 5. The van der Waals surface area contributed by atoms with Gasteiger partial charge < -0.3 is 10.3 Å². The summed E-state index contributed by atoms with van der Waals surface area (Å²) < 4.78 is 1.12. The second-order valence-corrected chi connectivity index (χ2v) is 4.84. The first-order valence-electron chi connectivity index (χ1n) is 5.84. The third kappa shape index (κ3) is 2.33. The van der Waals surface area contributed by atoms with E-state index in [9.17, 15) is 0 Å². The minimum Gasteiger partial charge on any atom is -0.369 e. The molecule has 6 heteroatoms. The number of aromatic nitrogens is 4. The van der Waals surface area contributed by atoms with Crippen LogP contribution < -0.4 is 5.32 Å². The Morgan fingerprint density at radius 2 is 2.28 bits per heavy atom. The maximum atomic E-state index is 4.28. The topological polar surface area (TPSA) is 66.5 Å². The lowest BCUT2D eigenvalue weighted by molar-refractivity contribution is 0.814. The van der Waals surface area contributed by atoms with Crippen molar-refractivity contribution in [1.82, 2.24) is 19.9 Å². The molecule has 3 heterocycles. The first-order chi connectivity index (χ1) is 8.93. The molecule has 5 nitrogen and oxygen atoms in total. The zero-order chi connectivity index (χ0) is 12.2. The van der Waals surface area contributed by atoms with Crippen LogP contribution in [0.5, 0.6) is 0 Å². The summed E-state index contributed by atoms with van der Waals surface area (Å²) in [6.45, 7) is 0.880. The fourth-order valence-electron chi connectivity index (χ4n) is 1.81. The second kappa shape index (κ2) is 5.14. The van der Waals surface area contributed by atoms with Crippen LogP contribution in [0.3, 0.4) is 0 Å². The van der Waals surface area contributed by atoms with Crippen LogP contribution in [0.2, 0.25) is 0 Å². The fraction of sp³-hybridized carbons (Fsp3) is 0.250. The van der Waals surface area contributed by atoms with E-state index in [0.717, 1.165) is 41.2 Å². The highest BCUT2D eigenvalue weighted by Gasteiger charge is 2.03. The number of aromatic amines is 1. The number of nitrogens with one attached hydrogen (secondary N) is 2. The predicted octanol–water partition coefficient (Wildman–Crippen LogP) is 2.46. The summed E-state index contributed by atoms with van der Waals surface area (Å²) in [4.78, 5) is 15.8. The molecule has 0 radical (unpaired) electrons. The summed E-state index contributed by atoms with van der Waals surface area (Å²) in [5.74, 6) is 1.95. The van der Waals surface area contributed by atoms with Crippen molar-refractivity contribution in [2.45, 2.75) is 12.8 Å². The van der Waals surface area contributed by atoms with Crippen LogP contribution >= 0.6 is 11.3 Å². The quantitative estimate of drug-likeness (QED) is 0.691. The summed E-state index contributed by atoms with van der Waals surface area (Å²) in [5.41, 5.74) is 1.00. The summed E-state index contributed by atoms with van der Waals surface area (Å²) in [7, 11) is 0. The zero-order valence-corrected chi connectivity index (χ0v) is 10.6. The highest BCUT2D eigenvalue weighted by atomic mass is 32.1. The summed E-state index contributed by atoms with van der Waals surface area (Å²) in [5, 5.41) is 5.39.